The van der Waals surface area contributed by atoms with Crippen molar-refractivity contribution in [2.45, 2.75) is 18.4 Å². The van der Waals surface area contributed by atoms with Crippen LogP contribution in [-0.4, -0.2) is 24.9 Å². The fourth-order valence-corrected chi connectivity index (χ4v) is 4.59. The number of rotatable bonds is 2. The van der Waals surface area contributed by atoms with Crippen molar-refractivity contribution in [3.8, 4) is 0 Å². The molecule has 23 heavy (non-hydrogen) atoms. The van der Waals surface area contributed by atoms with Crippen LogP contribution < -0.4 is 5.32 Å². The summed E-state index contributed by atoms with van der Waals surface area (Å²) in [5.74, 6) is 0.992. The molecule has 0 bridgehead atoms. The molecular formula is C19H20N2OS. The van der Waals surface area contributed by atoms with Crippen LogP contribution in [0.4, 0.5) is 5.69 Å². The minimum atomic E-state index is 0.0618. The molecule has 1 amide bonds. The summed E-state index contributed by atoms with van der Waals surface area (Å²) in [5.41, 5.74) is 3.18. The largest absolute Gasteiger partial charge is 0.377 e. The Balaban J connectivity index is 1.75. The van der Waals surface area contributed by atoms with Crippen LogP contribution in [0.5, 0.6) is 0 Å². The highest BCUT2D eigenvalue weighted by molar-refractivity contribution is 7.10. The van der Waals surface area contributed by atoms with Gasteiger partial charge in [-0.3, -0.25) is 4.79 Å². The third-order valence-corrected chi connectivity index (χ3v) is 5.82. The molecule has 4 heteroatoms. The lowest BCUT2D eigenvalue weighted by Crippen LogP contribution is -2.29. The van der Waals surface area contributed by atoms with E-state index >= 15 is 0 Å². The van der Waals surface area contributed by atoms with Crippen LogP contribution >= 0.6 is 11.3 Å². The van der Waals surface area contributed by atoms with Gasteiger partial charge in [-0.25, -0.2) is 0 Å². The van der Waals surface area contributed by atoms with Crippen LogP contribution in [0.25, 0.3) is 0 Å². The van der Waals surface area contributed by atoms with E-state index in [2.05, 4.69) is 47.1 Å². The summed E-state index contributed by atoms with van der Waals surface area (Å²) in [6, 6.07) is 10.8. The second-order valence-electron chi connectivity index (χ2n) is 6.49. The fourth-order valence-electron chi connectivity index (χ4n) is 3.74. The molecule has 1 aromatic carbocycles. The van der Waals surface area contributed by atoms with Gasteiger partial charge in [-0.2, -0.15) is 0 Å². The zero-order valence-electron chi connectivity index (χ0n) is 13.3. The van der Waals surface area contributed by atoms with E-state index in [9.17, 15) is 4.79 Å². The average molecular weight is 324 g/mol. The first kappa shape index (κ1) is 14.5. The molecule has 0 fully saturated rings. The van der Waals surface area contributed by atoms with Gasteiger partial charge < -0.3 is 10.2 Å². The Morgan fingerprint density at radius 3 is 2.91 bits per heavy atom. The summed E-state index contributed by atoms with van der Waals surface area (Å²) < 4.78 is 0. The molecule has 2 heterocycles. The van der Waals surface area contributed by atoms with Crippen molar-refractivity contribution in [1.29, 1.82) is 0 Å². The van der Waals surface area contributed by atoms with Crippen molar-refractivity contribution in [2.75, 3.05) is 19.4 Å². The van der Waals surface area contributed by atoms with Crippen LogP contribution in [-0.2, 0) is 0 Å². The Bertz CT molecular complexity index is 764. The quantitative estimate of drug-likeness (QED) is 0.836. The molecule has 118 valence electrons. The zero-order chi connectivity index (χ0) is 16.0. The smallest absolute Gasteiger partial charge is 0.253 e. The van der Waals surface area contributed by atoms with Crippen LogP contribution in [0.3, 0.4) is 0 Å². The fraction of sp³-hybridized carbons (Fsp3) is 0.316. The minimum absolute atomic E-state index is 0.0618. The number of hydrogen-bond donors (Lipinski definition) is 1. The number of amides is 1. The van der Waals surface area contributed by atoms with Gasteiger partial charge in [-0.05, 0) is 47.5 Å². The number of fused-ring (bicyclic) bond motifs is 3. The van der Waals surface area contributed by atoms with Gasteiger partial charge in [0.25, 0.3) is 5.91 Å². The first-order chi connectivity index (χ1) is 11.1. The Labute approximate surface area is 140 Å². The maximum absolute atomic E-state index is 12.3. The van der Waals surface area contributed by atoms with Crippen molar-refractivity contribution in [1.82, 2.24) is 4.90 Å². The van der Waals surface area contributed by atoms with Gasteiger partial charge in [0.2, 0.25) is 0 Å². The monoisotopic (exact) mass is 324 g/mol. The van der Waals surface area contributed by atoms with Gasteiger partial charge in [-0.15, -0.1) is 11.3 Å². The SMILES string of the molecule is CN(C)C(=O)c1ccc2c(c1)C1C=CCC1C(c1cccs1)N2. The number of nitrogens with one attached hydrogen (secondary N) is 1. The zero-order valence-corrected chi connectivity index (χ0v) is 14.1. The molecule has 0 radical (unpaired) electrons. The first-order valence-electron chi connectivity index (χ1n) is 7.97. The lowest BCUT2D eigenvalue weighted by molar-refractivity contribution is 0.0827. The standard InChI is InChI=1S/C19H20N2OS/c1-21(2)19(22)12-8-9-16-15(11-12)13-5-3-6-14(13)18(20-16)17-7-4-10-23-17/h3-5,7-11,13-14,18,20H,6H2,1-2H3. The van der Waals surface area contributed by atoms with Gasteiger partial charge in [0, 0.05) is 36.1 Å². The molecule has 3 unspecified atom stereocenters. The molecule has 3 nitrogen and oxygen atoms in total. The van der Waals surface area contributed by atoms with Crippen molar-refractivity contribution in [3.63, 3.8) is 0 Å². The summed E-state index contributed by atoms with van der Waals surface area (Å²) in [5, 5.41) is 5.85. The third kappa shape index (κ3) is 2.38. The Morgan fingerprint density at radius 2 is 2.17 bits per heavy atom. The minimum Gasteiger partial charge on any atom is -0.377 e. The van der Waals surface area contributed by atoms with Crippen molar-refractivity contribution in [3.05, 3.63) is 63.9 Å². The molecule has 1 N–H and O–H groups in total. The van der Waals surface area contributed by atoms with Gasteiger partial charge in [0.05, 0.1) is 6.04 Å². The van der Waals surface area contributed by atoms with Gasteiger partial charge in [0.15, 0.2) is 0 Å². The first-order valence-corrected chi connectivity index (χ1v) is 8.85. The molecule has 1 aliphatic heterocycles. The van der Waals surface area contributed by atoms with E-state index in [0.29, 0.717) is 17.9 Å². The highest BCUT2D eigenvalue weighted by Gasteiger charge is 2.38. The summed E-state index contributed by atoms with van der Waals surface area (Å²) in [6.45, 7) is 0. The van der Waals surface area contributed by atoms with E-state index in [0.717, 1.165) is 17.7 Å². The molecule has 1 aromatic heterocycles. The van der Waals surface area contributed by atoms with Crippen LogP contribution in [0.15, 0.2) is 47.9 Å². The van der Waals surface area contributed by atoms with Crippen LogP contribution in [0.2, 0.25) is 0 Å². The van der Waals surface area contributed by atoms with E-state index in [1.54, 1.807) is 19.0 Å². The molecule has 0 saturated carbocycles. The maximum atomic E-state index is 12.3. The molecule has 2 aromatic rings. The van der Waals surface area contributed by atoms with Crippen LogP contribution in [0.1, 0.15) is 39.2 Å². The Morgan fingerprint density at radius 1 is 1.30 bits per heavy atom. The van der Waals surface area contributed by atoms with Crippen LogP contribution in [0, 0.1) is 5.92 Å². The van der Waals surface area contributed by atoms with E-state index in [4.69, 9.17) is 0 Å². The molecule has 3 atom stereocenters. The third-order valence-electron chi connectivity index (χ3n) is 4.87. The molecule has 0 saturated heterocycles. The number of nitrogens with zero attached hydrogens (tertiary/aromatic N) is 1. The highest BCUT2D eigenvalue weighted by atomic mass is 32.1. The van der Waals surface area contributed by atoms with Gasteiger partial charge >= 0.3 is 0 Å². The number of benzene rings is 1. The average Bonchev–Trinajstić information content (AvgIpc) is 3.24. The van der Waals surface area contributed by atoms with Crippen molar-refractivity contribution >= 4 is 22.9 Å². The number of hydrogen-bond acceptors (Lipinski definition) is 3. The van der Waals surface area contributed by atoms with Gasteiger partial charge in [0.1, 0.15) is 0 Å². The predicted octanol–water partition coefficient (Wildman–Crippen LogP) is 4.28. The molecule has 2 aliphatic rings. The number of allylic oxidation sites excluding steroid dienone is 2. The second-order valence-corrected chi connectivity index (χ2v) is 7.47. The lowest BCUT2D eigenvalue weighted by Gasteiger charge is -2.37. The number of carbonyl (C=O) groups is 1. The molecular weight excluding hydrogens is 304 g/mol. The van der Waals surface area contributed by atoms with Gasteiger partial charge in [-0.1, -0.05) is 18.2 Å². The number of anilines is 1. The topological polar surface area (TPSA) is 32.3 Å². The number of carbonyl (C=O) groups excluding carboxylic acids is 1. The summed E-state index contributed by atoms with van der Waals surface area (Å²) in [7, 11) is 3.59. The normalized spacial score (nSPS) is 24.7. The second kappa shape index (κ2) is 5.53. The van der Waals surface area contributed by atoms with E-state index in [1.165, 1.54) is 10.4 Å². The summed E-state index contributed by atoms with van der Waals surface area (Å²) >= 11 is 1.81. The van der Waals surface area contributed by atoms with E-state index in [-0.39, 0.29) is 5.91 Å². The number of thiophene rings is 1. The lowest BCUT2D eigenvalue weighted by atomic mass is 9.78. The molecule has 1 aliphatic carbocycles. The van der Waals surface area contributed by atoms with Crippen molar-refractivity contribution < 1.29 is 4.79 Å². The Kier molecular flexibility index (Phi) is 3.49. The highest BCUT2D eigenvalue weighted by Crippen LogP contribution is 2.50. The van der Waals surface area contributed by atoms with E-state index < -0.39 is 0 Å². The predicted molar refractivity (Wildman–Crippen MR) is 95.1 cm³/mol. The Hall–Kier alpha value is -2.07. The van der Waals surface area contributed by atoms with Crippen molar-refractivity contribution in [2.24, 2.45) is 5.92 Å². The summed E-state index contributed by atoms with van der Waals surface area (Å²) in [4.78, 5) is 15.3. The maximum Gasteiger partial charge on any atom is 0.253 e. The molecule has 4 rings (SSSR count). The van der Waals surface area contributed by atoms with E-state index in [1.807, 2.05) is 17.4 Å². The summed E-state index contributed by atoms with van der Waals surface area (Å²) in [6.07, 6.45) is 5.69. The molecule has 0 spiro atoms.